The topological polar surface area (TPSA) is 41.6 Å². The predicted molar refractivity (Wildman–Crippen MR) is 81.1 cm³/mol. The molecule has 0 saturated carbocycles. The average Bonchev–Trinajstić information content (AvgIpc) is 2.85. The number of hydrogen-bond acceptors (Lipinski definition) is 4. The van der Waals surface area contributed by atoms with Crippen molar-refractivity contribution in [3.8, 4) is 0 Å². The van der Waals surface area contributed by atoms with Crippen LogP contribution >= 0.6 is 0 Å². The Balaban J connectivity index is 1.95. The van der Waals surface area contributed by atoms with Crippen LogP contribution in [0.2, 0.25) is 0 Å². The number of fused-ring (bicyclic) bond motifs is 1. The van der Waals surface area contributed by atoms with Gasteiger partial charge in [0.25, 0.3) is 0 Å². The van der Waals surface area contributed by atoms with Gasteiger partial charge in [-0.15, -0.1) is 0 Å². The first-order valence-electron chi connectivity index (χ1n) is 7.28. The summed E-state index contributed by atoms with van der Waals surface area (Å²) in [4.78, 5) is 14.1. The third-order valence-corrected chi connectivity index (χ3v) is 3.69. The maximum Gasteiger partial charge on any atom is 0.322 e. The first-order valence-corrected chi connectivity index (χ1v) is 7.28. The van der Waals surface area contributed by atoms with Gasteiger partial charge in [0.2, 0.25) is 0 Å². The molecule has 110 valence electrons. The number of anilines is 1. The summed E-state index contributed by atoms with van der Waals surface area (Å²) in [6.07, 6.45) is 1.86. The number of nitrogens with zero attached hydrogens (tertiary/aromatic N) is 1. The lowest BCUT2D eigenvalue weighted by atomic mass is 10.1. The molecule has 0 radical (unpaired) electrons. The zero-order chi connectivity index (χ0) is 14.5. The fraction of sp³-hybridized carbons (Fsp3) is 0.562. The van der Waals surface area contributed by atoms with Crippen molar-refractivity contribution in [2.45, 2.75) is 38.8 Å². The van der Waals surface area contributed by atoms with E-state index in [0.29, 0.717) is 0 Å². The number of rotatable bonds is 6. The molecular weight excluding hydrogens is 252 g/mol. The second kappa shape index (κ2) is 6.75. The highest BCUT2D eigenvalue weighted by Gasteiger charge is 2.23. The predicted octanol–water partition coefficient (Wildman–Crippen LogP) is 1.98. The van der Waals surface area contributed by atoms with Crippen LogP contribution in [0.15, 0.2) is 24.3 Å². The first-order chi connectivity index (χ1) is 9.61. The molecule has 2 rings (SSSR count). The molecule has 0 aliphatic carbocycles. The van der Waals surface area contributed by atoms with Crippen LogP contribution in [0.5, 0.6) is 0 Å². The number of nitrogens with one attached hydrogen (secondary N) is 1. The SMILES string of the molecule is COC(=O)C(CCN1CCc2ccccc21)NC(C)C. The molecule has 0 aromatic heterocycles. The molecule has 1 atom stereocenters. The van der Waals surface area contributed by atoms with Crippen LogP contribution < -0.4 is 10.2 Å². The molecule has 4 heteroatoms. The van der Waals surface area contributed by atoms with Crippen molar-refractivity contribution >= 4 is 11.7 Å². The summed E-state index contributed by atoms with van der Waals surface area (Å²) < 4.78 is 4.88. The summed E-state index contributed by atoms with van der Waals surface area (Å²) in [5, 5.41) is 3.28. The lowest BCUT2D eigenvalue weighted by Gasteiger charge is -2.24. The molecule has 4 nitrogen and oxygen atoms in total. The number of carbonyl (C=O) groups is 1. The van der Waals surface area contributed by atoms with Gasteiger partial charge in [-0.25, -0.2) is 0 Å². The first kappa shape index (κ1) is 14.9. The molecule has 0 bridgehead atoms. The zero-order valence-electron chi connectivity index (χ0n) is 12.6. The molecule has 1 aromatic carbocycles. The third kappa shape index (κ3) is 3.51. The van der Waals surface area contributed by atoms with Crippen molar-refractivity contribution in [1.29, 1.82) is 0 Å². The number of methoxy groups -OCH3 is 1. The van der Waals surface area contributed by atoms with E-state index in [2.05, 4.69) is 34.5 Å². The van der Waals surface area contributed by atoms with Crippen LogP contribution in [0, 0.1) is 0 Å². The van der Waals surface area contributed by atoms with E-state index < -0.39 is 0 Å². The van der Waals surface area contributed by atoms with Gasteiger partial charge in [0.15, 0.2) is 0 Å². The minimum atomic E-state index is -0.229. The number of para-hydroxylation sites is 1. The van der Waals surface area contributed by atoms with Gasteiger partial charge >= 0.3 is 5.97 Å². The summed E-state index contributed by atoms with van der Waals surface area (Å²) >= 11 is 0. The molecule has 20 heavy (non-hydrogen) atoms. The Kier molecular flexibility index (Phi) is 5.01. The average molecular weight is 276 g/mol. The van der Waals surface area contributed by atoms with Gasteiger partial charge in [-0.1, -0.05) is 32.0 Å². The highest BCUT2D eigenvalue weighted by atomic mass is 16.5. The number of benzene rings is 1. The van der Waals surface area contributed by atoms with E-state index in [-0.39, 0.29) is 18.1 Å². The lowest BCUT2D eigenvalue weighted by Crippen LogP contribution is -2.43. The number of hydrogen-bond donors (Lipinski definition) is 1. The van der Waals surface area contributed by atoms with Crippen LogP contribution in [-0.4, -0.2) is 38.3 Å². The van der Waals surface area contributed by atoms with E-state index in [1.54, 1.807) is 0 Å². The van der Waals surface area contributed by atoms with E-state index >= 15 is 0 Å². The van der Waals surface area contributed by atoms with Crippen LogP contribution in [0.1, 0.15) is 25.8 Å². The molecule has 1 heterocycles. The highest BCUT2D eigenvalue weighted by molar-refractivity contribution is 5.75. The molecule has 0 spiro atoms. The maximum absolute atomic E-state index is 11.8. The third-order valence-electron chi connectivity index (χ3n) is 3.69. The summed E-state index contributed by atoms with van der Waals surface area (Å²) in [5.74, 6) is -0.175. The quantitative estimate of drug-likeness (QED) is 0.807. The fourth-order valence-corrected chi connectivity index (χ4v) is 2.74. The van der Waals surface area contributed by atoms with Gasteiger partial charge in [-0.05, 0) is 24.5 Å². The van der Waals surface area contributed by atoms with Crippen molar-refractivity contribution in [3.63, 3.8) is 0 Å². The Morgan fingerprint density at radius 3 is 2.85 bits per heavy atom. The van der Waals surface area contributed by atoms with Gasteiger partial charge in [0.05, 0.1) is 7.11 Å². The molecule has 1 aliphatic heterocycles. The molecular formula is C16H24N2O2. The molecule has 0 amide bonds. The Bertz CT molecular complexity index is 460. The Hall–Kier alpha value is -1.55. The van der Waals surface area contributed by atoms with E-state index in [1.165, 1.54) is 18.4 Å². The number of carbonyl (C=O) groups excluding carboxylic acids is 1. The van der Waals surface area contributed by atoms with Crippen molar-refractivity contribution in [2.75, 3.05) is 25.1 Å². The van der Waals surface area contributed by atoms with Crippen LogP contribution in [0.3, 0.4) is 0 Å². The summed E-state index contributed by atoms with van der Waals surface area (Å²) in [7, 11) is 1.45. The molecule has 1 N–H and O–H groups in total. The van der Waals surface area contributed by atoms with Gasteiger partial charge in [0.1, 0.15) is 6.04 Å². The summed E-state index contributed by atoms with van der Waals surface area (Å²) in [5.41, 5.74) is 2.71. The van der Waals surface area contributed by atoms with Crippen molar-refractivity contribution < 1.29 is 9.53 Å². The second-order valence-corrected chi connectivity index (χ2v) is 5.55. The number of esters is 1. The van der Waals surface area contributed by atoms with Crippen LogP contribution in [0.25, 0.3) is 0 Å². The van der Waals surface area contributed by atoms with Gasteiger partial charge < -0.3 is 15.0 Å². The molecule has 0 fully saturated rings. The van der Waals surface area contributed by atoms with E-state index in [1.807, 2.05) is 13.8 Å². The molecule has 1 aromatic rings. The smallest absolute Gasteiger partial charge is 0.322 e. The van der Waals surface area contributed by atoms with Crippen LogP contribution in [0.4, 0.5) is 5.69 Å². The van der Waals surface area contributed by atoms with Crippen molar-refractivity contribution in [1.82, 2.24) is 5.32 Å². The minimum absolute atomic E-state index is 0.175. The van der Waals surface area contributed by atoms with E-state index in [4.69, 9.17) is 4.74 Å². The Labute approximate surface area is 121 Å². The van der Waals surface area contributed by atoms with E-state index in [0.717, 1.165) is 25.9 Å². The largest absolute Gasteiger partial charge is 0.468 e. The van der Waals surface area contributed by atoms with Crippen molar-refractivity contribution in [2.24, 2.45) is 0 Å². The summed E-state index contributed by atoms with van der Waals surface area (Å²) in [6, 6.07) is 8.53. The van der Waals surface area contributed by atoms with Crippen LogP contribution in [-0.2, 0) is 16.0 Å². The maximum atomic E-state index is 11.8. The van der Waals surface area contributed by atoms with Gasteiger partial charge in [0, 0.05) is 24.8 Å². The zero-order valence-corrected chi connectivity index (χ0v) is 12.6. The summed E-state index contributed by atoms with van der Waals surface area (Å²) in [6.45, 7) is 5.99. The minimum Gasteiger partial charge on any atom is -0.468 e. The molecule has 1 unspecified atom stereocenters. The highest BCUT2D eigenvalue weighted by Crippen LogP contribution is 2.27. The number of ether oxygens (including phenoxy) is 1. The van der Waals surface area contributed by atoms with Gasteiger partial charge in [-0.3, -0.25) is 4.79 Å². The Morgan fingerprint density at radius 1 is 1.40 bits per heavy atom. The second-order valence-electron chi connectivity index (χ2n) is 5.55. The molecule has 0 saturated heterocycles. The lowest BCUT2D eigenvalue weighted by molar-refractivity contribution is -0.143. The van der Waals surface area contributed by atoms with E-state index in [9.17, 15) is 4.79 Å². The van der Waals surface area contributed by atoms with Crippen molar-refractivity contribution in [3.05, 3.63) is 29.8 Å². The normalized spacial score (nSPS) is 15.3. The Morgan fingerprint density at radius 2 is 2.15 bits per heavy atom. The molecule has 1 aliphatic rings. The monoisotopic (exact) mass is 276 g/mol. The van der Waals surface area contributed by atoms with Gasteiger partial charge in [-0.2, -0.15) is 0 Å². The standard InChI is InChI=1S/C16H24N2O2/c1-12(2)17-14(16(19)20-3)9-11-18-10-8-13-6-4-5-7-15(13)18/h4-7,12,14,17H,8-11H2,1-3H3. The fourth-order valence-electron chi connectivity index (χ4n) is 2.74.